The first-order valence-corrected chi connectivity index (χ1v) is 11.4. The molecule has 0 heterocycles. The average Bonchev–Trinajstić information content (AvgIpc) is 2.88. The molecule has 0 spiro atoms. The normalized spacial score (nSPS) is 11.9. The van der Waals surface area contributed by atoms with E-state index < -0.39 is 0 Å². The van der Waals surface area contributed by atoms with Gasteiger partial charge in [0.05, 0.1) is 7.11 Å². The molecule has 33 heavy (non-hydrogen) atoms. The van der Waals surface area contributed by atoms with E-state index in [1.54, 1.807) is 7.11 Å². The molecular formula is C32H22O. The van der Waals surface area contributed by atoms with Crippen LogP contribution in [0.2, 0.25) is 0 Å². The number of fused-ring (bicyclic) bond motifs is 13. The summed E-state index contributed by atoms with van der Waals surface area (Å²) in [5.74, 6) is 0.887. The molecule has 7 rings (SSSR count). The summed E-state index contributed by atoms with van der Waals surface area (Å²) in [5, 5.41) is 15.6. The quantitative estimate of drug-likeness (QED) is 0.240. The van der Waals surface area contributed by atoms with Crippen molar-refractivity contribution in [2.45, 2.75) is 6.92 Å². The van der Waals surface area contributed by atoms with E-state index in [-0.39, 0.29) is 0 Å². The van der Waals surface area contributed by atoms with Gasteiger partial charge in [0.2, 0.25) is 0 Å². The Labute approximate surface area is 191 Å². The zero-order valence-corrected chi connectivity index (χ0v) is 18.6. The summed E-state index contributed by atoms with van der Waals surface area (Å²) in [6.07, 6.45) is 0. The fourth-order valence-corrected chi connectivity index (χ4v) is 5.81. The van der Waals surface area contributed by atoms with Crippen molar-refractivity contribution < 1.29 is 4.74 Å². The van der Waals surface area contributed by atoms with Gasteiger partial charge in [-0.2, -0.15) is 0 Å². The van der Waals surface area contributed by atoms with E-state index in [0.29, 0.717) is 0 Å². The molecule has 1 heteroatoms. The molecule has 0 N–H and O–H groups in total. The topological polar surface area (TPSA) is 9.23 Å². The summed E-state index contributed by atoms with van der Waals surface area (Å²) in [7, 11) is 1.75. The second-order valence-electron chi connectivity index (χ2n) is 8.91. The Morgan fingerprint density at radius 3 is 1.55 bits per heavy atom. The third-order valence-electron chi connectivity index (χ3n) is 7.24. The fraction of sp³-hybridized carbons (Fsp3) is 0.0625. The van der Waals surface area contributed by atoms with Crippen molar-refractivity contribution >= 4 is 64.6 Å². The van der Waals surface area contributed by atoms with Crippen molar-refractivity contribution in [3.8, 4) is 5.75 Å². The molecular weight excluding hydrogens is 400 g/mol. The molecule has 7 aromatic carbocycles. The summed E-state index contributed by atoms with van der Waals surface area (Å²) in [4.78, 5) is 0. The Bertz CT molecular complexity index is 1910. The largest absolute Gasteiger partial charge is 0.497 e. The highest BCUT2D eigenvalue weighted by Gasteiger charge is 2.17. The second kappa shape index (κ2) is 6.70. The van der Waals surface area contributed by atoms with E-state index in [9.17, 15) is 0 Å². The van der Waals surface area contributed by atoms with Crippen molar-refractivity contribution in [2.24, 2.45) is 0 Å². The van der Waals surface area contributed by atoms with Gasteiger partial charge in [-0.15, -0.1) is 0 Å². The molecule has 0 aliphatic heterocycles. The number of rotatable bonds is 1. The molecule has 7 aromatic rings. The first-order valence-electron chi connectivity index (χ1n) is 11.4. The minimum atomic E-state index is 0.887. The average molecular weight is 423 g/mol. The number of hydrogen-bond acceptors (Lipinski definition) is 1. The lowest BCUT2D eigenvalue weighted by Gasteiger charge is -2.18. The van der Waals surface area contributed by atoms with Crippen LogP contribution >= 0.6 is 0 Å². The molecule has 0 unspecified atom stereocenters. The van der Waals surface area contributed by atoms with E-state index >= 15 is 0 Å². The van der Waals surface area contributed by atoms with Gasteiger partial charge in [0, 0.05) is 0 Å². The highest BCUT2D eigenvalue weighted by molar-refractivity contribution is 6.39. The minimum Gasteiger partial charge on any atom is -0.497 e. The fourth-order valence-electron chi connectivity index (χ4n) is 5.81. The van der Waals surface area contributed by atoms with Crippen LogP contribution in [0, 0.1) is 6.92 Å². The molecule has 0 radical (unpaired) electrons. The standard InChI is InChI=1S/C32H22O/c1-19-8-7-13-26-23-11-5-6-12-24(23)28-17-16-27-22-10-4-3-9-21(22)25-15-14-20(33-2)18-29(25)31(27)32(28)30(19)26/h3-18H,1-2H3. The van der Waals surface area contributed by atoms with Crippen molar-refractivity contribution in [2.75, 3.05) is 7.11 Å². The van der Waals surface area contributed by atoms with E-state index in [2.05, 4.69) is 104 Å². The predicted molar refractivity (Wildman–Crippen MR) is 143 cm³/mol. The van der Waals surface area contributed by atoms with Gasteiger partial charge in [0.15, 0.2) is 0 Å². The van der Waals surface area contributed by atoms with Crippen LogP contribution in [0.1, 0.15) is 5.56 Å². The van der Waals surface area contributed by atoms with Crippen molar-refractivity contribution in [3.05, 3.63) is 103 Å². The SMILES string of the molecule is COc1ccc2c3ccccc3c3ccc4c5ccccc5c5cccc(C)c5c4c3c2c1. The van der Waals surface area contributed by atoms with Crippen molar-refractivity contribution in [1.29, 1.82) is 0 Å². The van der Waals surface area contributed by atoms with Crippen molar-refractivity contribution in [3.63, 3.8) is 0 Å². The summed E-state index contributed by atoms with van der Waals surface area (Å²) in [6.45, 7) is 2.24. The molecule has 0 aliphatic rings. The van der Waals surface area contributed by atoms with Gasteiger partial charge in [0.25, 0.3) is 0 Å². The number of hydrogen-bond donors (Lipinski definition) is 0. The van der Waals surface area contributed by atoms with E-state index in [1.165, 1.54) is 70.2 Å². The first kappa shape index (κ1) is 18.5. The van der Waals surface area contributed by atoms with Gasteiger partial charge in [-0.05, 0) is 89.3 Å². The maximum Gasteiger partial charge on any atom is 0.119 e. The summed E-state index contributed by atoms with van der Waals surface area (Å²) in [5.41, 5.74) is 1.31. The lowest BCUT2D eigenvalue weighted by Crippen LogP contribution is -1.91. The van der Waals surface area contributed by atoms with Crippen LogP contribution in [0.5, 0.6) is 5.75 Å². The van der Waals surface area contributed by atoms with Crippen LogP contribution < -0.4 is 4.74 Å². The predicted octanol–water partition coefficient (Wildman–Crippen LogP) is 8.92. The van der Waals surface area contributed by atoms with Gasteiger partial charge in [-0.1, -0.05) is 84.9 Å². The Morgan fingerprint density at radius 2 is 0.909 bits per heavy atom. The van der Waals surface area contributed by atoms with Gasteiger partial charge >= 0.3 is 0 Å². The van der Waals surface area contributed by atoms with Crippen LogP contribution in [0.3, 0.4) is 0 Å². The highest BCUT2D eigenvalue weighted by atomic mass is 16.5. The lowest BCUT2D eigenvalue weighted by atomic mass is 9.86. The zero-order chi connectivity index (χ0) is 22.1. The second-order valence-corrected chi connectivity index (χ2v) is 8.91. The number of aryl methyl sites for hydroxylation is 1. The Hall–Kier alpha value is -4.10. The molecule has 0 bridgehead atoms. The van der Waals surface area contributed by atoms with Gasteiger partial charge in [-0.3, -0.25) is 0 Å². The third kappa shape index (κ3) is 2.42. The van der Waals surface area contributed by atoms with Crippen LogP contribution in [0.15, 0.2) is 97.1 Å². The number of benzene rings is 7. The molecule has 156 valence electrons. The van der Waals surface area contributed by atoms with Crippen LogP contribution in [-0.2, 0) is 0 Å². The van der Waals surface area contributed by atoms with Gasteiger partial charge < -0.3 is 4.74 Å². The molecule has 0 saturated carbocycles. The molecule has 1 nitrogen and oxygen atoms in total. The van der Waals surface area contributed by atoms with Gasteiger partial charge in [-0.25, -0.2) is 0 Å². The van der Waals surface area contributed by atoms with E-state index in [4.69, 9.17) is 4.74 Å². The zero-order valence-electron chi connectivity index (χ0n) is 18.6. The van der Waals surface area contributed by atoms with Crippen molar-refractivity contribution in [1.82, 2.24) is 0 Å². The summed E-state index contributed by atoms with van der Waals surface area (Å²) < 4.78 is 5.68. The summed E-state index contributed by atoms with van der Waals surface area (Å²) in [6, 6.07) is 35.4. The third-order valence-corrected chi connectivity index (χ3v) is 7.24. The van der Waals surface area contributed by atoms with Crippen LogP contribution in [-0.4, -0.2) is 7.11 Å². The Balaban J connectivity index is 1.92. The molecule has 0 aliphatic carbocycles. The molecule has 0 fully saturated rings. The molecule has 0 saturated heterocycles. The number of methoxy groups -OCH3 is 1. The maximum atomic E-state index is 5.68. The van der Waals surface area contributed by atoms with E-state index in [1.807, 2.05) is 0 Å². The maximum absolute atomic E-state index is 5.68. The monoisotopic (exact) mass is 422 g/mol. The Kier molecular flexibility index (Phi) is 3.75. The highest BCUT2D eigenvalue weighted by Crippen LogP contribution is 2.45. The lowest BCUT2D eigenvalue weighted by molar-refractivity contribution is 0.415. The van der Waals surface area contributed by atoms with Crippen LogP contribution in [0.4, 0.5) is 0 Å². The first-order chi connectivity index (χ1) is 16.3. The summed E-state index contributed by atoms with van der Waals surface area (Å²) >= 11 is 0. The minimum absolute atomic E-state index is 0.887. The smallest absolute Gasteiger partial charge is 0.119 e. The van der Waals surface area contributed by atoms with Gasteiger partial charge in [0.1, 0.15) is 5.75 Å². The van der Waals surface area contributed by atoms with E-state index in [0.717, 1.165) is 5.75 Å². The Morgan fingerprint density at radius 1 is 0.424 bits per heavy atom. The molecule has 0 atom stereocenters. The van der Waals surface area contributed by atoms with Crippen LogP contribution in [0.25, 0.3) is 64.6 Å². The number of ether oxygens (including phenoxy) is 1. The molecule has 0 amide bonds. The molecule has 0 aromatic heterocycles.